The number of nitrogens with one attached hydrogen (secondary N) is 2. The molecule has 0 aliphatic carbocycles. The van der Waals surface area contributed by atoms with E-state index in [1.165, 1.54) is 12.1 Å². The number of piperidine rings is 4. The van der Waals surface area contributed by atoms with Gasteiger partial charge in [0.05, 0.1) is 23.6 Å². The van der Waals surface area contributed by atoms with Crippen LogP contribution in [0.3, 0.4) is 0 Å². The van der Waals surface area contributed by atoms with E-state index in [4.69, 9.17) is 9.47 Å². The van der Waals surface area contributed by atoms with Gasteiger partial charge in [0.25, 0.3) is 0 Å². The average Bonchev–Trinajstić information content (AvgIpc) is 3.22. The van der Waals surface area contributed by atoms with Gasteiger partial charge in [-0.3, -0.25) is 19.3 Å². The predicted molar refractivity (Wildman–Crippen MR) is 211 cm³/mol. The van der Waals surface area contributed by atoms with E-state index in [-0.39, 0.29) is 29.3 Å². The lowest BCUT2D eigenvalue weighted by molar-refractivity contribution is -0.168. The molecule has 0 saturated carbocycles. The highest BCUT2D eigenvalue weighted by atomic mass is 16.5. The maximum Gasteiger partial charge on any atom is 0.317 e. The number of esters is 1. The number of pyridine rings is 1. The number of nitrogens with zero attached hydrogens (tertiary/aromatic N) is 2. The number of likely N-dealkylation sites (tertiary alicyclic amines) is 1. The van der Waals surface area contributed by atoms with Crippen molar-refractivity contribution in [3.05, 3.63) is 106 Å². The molecule has 11 nitrogen and oxygen atoms in total. The van der Waals surface area contributed by atoms with Crippen LogP contribution in [0.15, 0.2) is 83.7 Å². The van der Waals surface area contributed by atoms with E-state index in [9.17, 15) is 24.6 Å². The van der Waals surface area contributed by atoms with E-state index in [2.05, 4.69) is 15.2 Å². The Morgan fingerprint density at radius 1 is 0.909 bits per heavy atom. The predicted octanol–water partition coefficient (Wildman–Crippen LogP) is 5.24. The highest BCUT2D eigenvalue weighted by molar-refractivity contribution is 5.87. The van der Waals surface area contributed by atoms with Crippen molar-refractivity contribution in [1.29, 1.82) is 0 Å². The maximum atomic E-state index is 13.9. The summed E-state index contributed by atoms with van der Waals surface area (Å²) in [7, 11) is 0. The first-order valence-corrected chi connectivity index (χ1v) is 20.0. The van der Waals surface area contributed by atoms with Gasteiger partial charge in [0.15, 0.2) is 0 Å². The first kappa shape index (κ1) is 38.6. The Bertz CT molecular complexity index is 1950. The molecule has 292 valence electrons. The number of aliphatic hydroxyl groups excluding tert-OH is 1. The van der Waals surface area contributed by atoms with E-state index < -0.39 is 11.5 Å². The average molecular weight is 751 g/mol. The Morgan fingerprint density at radius 3 is 2.40 bits per heavy atom. The third-order valence-electron chi connectivity index (χ3n) is 12.0. The van der Waals surface area contributed by atoms with Crippen LogP contribution in [0.25, 0.3) is 10.9 Å². The quantitative estimate of drug-likeness (QED) is 0.0894. The number of phenols is 1. The minimum Gasteiger partial charge on any atom is -0.506 e. The molecule has 4 aromatic rings. The first-order valence-electron chi connectivity index (χ1n) is 20.0. The van der Waals surface area contributed by atoms with Crippen molar-refractivity contribution in [2.75, 3.05) is 52.4 Å². The van der Waals surface area contributed by atoms with Crippen molar-refractivity contribution in [2.24, 2.45) is 5.92 Å². The summed E-state index contributed by atoms with van der Waals surface area (Å²) in [5, 5.41) is 24.7. The standard InChI is InChI=1S/C44H54N4O7/c49-37-16-14-35(36-15-17-40(51)46-42(36)37)38(50)29-45-23-5-2-6-28-54-34-12-9-31(10-13-34)11-18-41(52)48-26-21-44(22-27-48,33-7-3-1-4-8-33)43(53)55-39-30-47-24-19-32(39)20-25-47/h1,3-4,7-10,12-17,32,38-39,45,49-50H,2,5-6,11,18-30H2,(H,46,51). The zero-order valence-corrected chi connectivity index (χ0v) is 31.6. The van der Waals surface area contributed by atoms with Crippen LogP contribution < -0.4 is 15.6 Å². The minimum absolute atomic E-state index is 0.0254. The number of aryl methyl sites for hydroxylation is 1. The van der Waals surface area contributed by atoms with Crippen LogP contribution in [0, 0.1) is 5.92 Å². The summed E-state index contributed by atoms with van der Waals surface area (Å²) in [6, 6.07) is 24.1. The molecule has 4 saturated heterocycles. The highest BCUT2D eigenvalue weighted by Crippen LogP contribution is 2.39. The van der Waals surface area contributed by atoms with E-state index in [0.29, 0.717) is 74.3 Å². The van der Waals surface area contributed by atoms with E-state index in [0.717, 1.165) is 75.2 Å². The lowest BCUT2D eigenvalue weighted by atomic mass is 9.72. The molecular formula is C44H54N4O7. The third kappa shape index (κ3) is 9.23. The zero-order chi connectivity index (χ0) is 38.2. The number of aromatic hydroxyl groups is 1. The Morgan fingerprint density at radius 2 is 1.67 bits per heavy atom. The lowest BCUT2D eigenvalue weighted by Crippen LogP contribution is -2.55. The molecule has 4 N–H and O–H groups in total. The van der Waals surface area contributed by atoms with Gasteiger partial charge in [0, 0.05) is 44.1 Å². The summed E-state index contributed by atoms with van der Waals surface area (Å²) < 4.78 is 12.3. The van der Waals surface area contributed by atoms with Gasteiger partial charge < -0.3 is 34.9 Å². The molecule has 0 spiro atoms. The van der Waals surface area contributed by atoms with Crippen LogP contribution in [0.1, 0.15) is 74.2 Å². The summed E-state index contributed by atoms with van der Waals surface area (Å²) >= 11 is 0. The number of aromatic nitrogens is 1. The molecular weight excluding hydrogens is 697 g/mol. The Labute approximate surface area is 322 Å². The Hall–Kier alpha value is -4.71. The van der Waals surface area contributed by atoms with Crippen molar-refractivity contribution >= 4 is 22.8 Å². The number of aliphatic hydroxyl groups is 1. The fraction of sp³-hybridized carbons (Fsp3) is 0.477. The molecule has 55 heavy (non-hydrogen) atoms. The molecule has 8 rings (SSSR count). The molecule has 1 amide bonds. The molecule has 4 aliphatic heterocycles. The molecule has 2 bridgehead atoms. The molecule has 4 fully saturated rings. The lowest BCUT2D eigenvalue weighted by Gasteiger charge is -2.46. The van der Waals surface area contributed by atoms with Gasteiger partial charge in [-0.05, 0) is 118 Å². The number of ether oxygens (including phenoxy) is 2. The summed E-state index contributed by atoms with van der Waals surface area (Å²) in [4.78, 5) is 45.9. The molecule has 0 radical (unpaired) electrons. The number of benzene rings is 3. The second-order valence-corrected chi connectivity index (χ2v) is 15.5. The number of hydrogen-bond donors (Lipinski definition) is 4. The number of fused-ring (bicyclic) bond motifs is 4. The van der Waals surface area contributed by atoms with Gasteiger partial charge in [-0.2, -0.15) is 0 Å². The second kappa shape index (κ2) is 17.8. The normalized spacial score (nSPS) is 21.0. The number of unbranched alkanes of at least 4 members (excludes halogenated alkanes) is 2. The van der Waals surface area contributed by atoms with Gasteiger partial charge in [-0.15, -0.1) is 0 Å². The first-order chi connectivity index (χ1) is 26.8. The molecule has 11 heteroatoms. The van der Waals surface area contributed by atoms with Crippen molar-refractivity contribution in [1.82, 2.24) is 20.1 Å². The van der Waals surface area contributed by atoms with Crippen LogP contribution in [0.5, 0.6) is 11.5 Å². The summed E-state index contributed by atoms with van der Waals surface area (Å²) in [6.45, 7) is 5.81. The van der Waals surface area contributed by atoms with Crippen LogP contribution in [0.4, 0.5) is 0 Å². The van der Waals surface area contributed by atoms with E-state index >= 15 is 0 Å². The Kier molecular flexibility index (Phi) is 12.5. The zero-order valence-electron chi connectivity index (χ0n) is 31.6. The van der Waals surface area contributed by atoms with Crippen LogP contribution in [0.2, 0.25) is 0 Å². The molecule has 5 heterocycles. The summed E-state index contributed by atoms with van der Waals surface area (Å²) in [5.41, 5.74) is 2.01. The molecule has 3 aromatic carbocycles. The van der Waals surface area contributed by atoms with Gasteiger partial charge in [-0.1, -0.05) is 48.5 Å². The minimum atomic E-state index is -0.778. The SMILES string of the molecule is O=C(CCc1ccc(OCCCCCNCC(O)c2ccc(O)c3[nH]c(=O)ccc23)cc1)N1CCC(C(=O)OC2CN3CCC2CC3)(c2ccccc2)CC1. The number of aromatic amines is 1. The molecule has 2 atom stereocenters. The highest BCUT2D eigenvalue weighted by Gasteiger charge is 2.47. The Balaban J connectivity index is 0.793. The topological polar surface area (TPSA) is 144 Å². The molecule has 4 aliphatic rings. The monoisotopic (exact) mass is 750 g/mol. The van der Waals surface area contributed by atoms with Gasteiger partial charge in [-0.25, -0.2) is 0 Å². The van der Waals surface area contributed by atoms with Gasteiger partial charge >= 0.3 is 5.97 Å². The van der Waals surface area contributed by atoms with Crippen LogP contribution in [-0.2, 0) is 26.2 Å². The summed E-state index contributed by atoms with van der Waals surface area (Å²) in [6.07, 6.45) is 6.37. The number of carbonyl (C=O) groups excluding carboxylic acids is 2. The number of hydrogen-bond acceptors (Lipinski definition) is 9. The van der Waals surface area contributed by atoms with Crippen LogP contribution >= 0.6 is 0 Å². The number of carbonyl (C=O) groups is 2. The fourth-order valence-electron chi connectivity index (χ4n) is 8.58. The van der Waals surface area contributed by atoms with Crippen molar-refractivity contribution in [3.8, 4) is 11.5 Å². The van der Waals surface area contributed by atoms with Crippen molar-refractivity contribution in [3.63, 3.8) is 0 Å². The van der Waals surface area contributed by atoms with Crippen molar-refractivity contribution in [2.45, 2.75) is 75.4 Å². The second-order valence-electron chi connectivity index (χ2n) is 15.5. The van der Waals surface area contributed by atoms with Gasteiger partial charge in [0.2, 0.25) is 11.5 Å². The van der Waals surface area contributed by atoms with Crippen molar-refractivity contribution < 1.29 is 29.3 Å². The number of amides is 1. The largest absolute Gasteiger partial charge is 0.506 e. The number of H-pyrrole nitrogens is 1. The van der Waals surface area contributed by atoms with Crippen LogP contribution in [-0.4, -0.2) is 95.4 Å². The van der Waals surface area contributed by atoms with Gasteiger partial charge in [0.1, 0.15) is 17.6 Å². The molecule has 2 unspecified atom stereocenters. The van der Waals surface area contributed by atoms with E-state index in [1.54, 1.807) is 12.1 Å². The van der Waals surface area contributed by atoms with E-state index in [1.807, 2.05) is 59.5 Å². The smallest absolute Gasteiger partial charge is 0.317 e. The molecule has 1 aromatic heterocycles. The third-order valence-corrected chi connectivity index (χ3v) is 12.0. The fourth-order valence-corrected chi connectivity index (χ4v) is 8.58. The maximum absolute atomic E-state index is 13.9. The number of phenolic OH excluding ortho intramolecular Hbond substituents is 1. The summed E-state index contributed by atoms with van der Waals surface area (Å²) in [5.74, 6) is 1.22. The number of rotatable bonds is 16.